The zero-order valence-electron chi connectivity index (χ0n) is 19.7. The lowest BCUT2D eigenvalue weighted by atomic mass is 9.67. The highest BCUT2D eigenvalue weighted by molar-refractivity contribution is 9.10. The van der Waals surface area contributed by atoms with E-state index in [2.05, 4.69) is 130 Å². The normalized spacial score (nSPS) is 13.2. The van der Waals surface area contributed by atoms with Crippen molar-refractivity contribution in [3.8, 4) is 11.1 Å². The SMILES string of the molecule is C=CCCc1ccc(C2(c3ccc(CCC=C)cc3)c3cc(Br)ccc3-c3ccc(Br)cc32)cc1. The molecule has 0 nitrogen and oxygen atoms in total. The van der Waals surface area contributed by atoms with Crippen molar-refractivity contribution >= 4 is 31.9 Å². The van der Waals surface area contributed by atoms with Crippen molar-refractivity contribution in [1.82, 2.24) is 0 Å². The molecule has 1 aliphatic carbocycles. The van der Waals surface area contributed by atoms with Gasteiger partial charge in [-0.05, 0) is 94.5 Å². The molecule has 2 heteroatoms. The van der Waals surface area contributed by atoms with Gasteiger partial charge in [-0.2, -0.15) is 0 Å². The summed E-state index contributed by atoms with van der Waals surface area (Å²) in [4.78, 5) is 0. The number of rotatable bonds is 8. The van der Waals surface area contributed by atoms with Crippen LogP contribution < -0.4 is 0 Å². The second kappa shape index (κ2) is 10.1. The Morgan fingerprint density at radius 2 is 0.971 bits per heavy atom. The highest BCUT2D eigenvalue weighted by Gasteiger charge is 2.46. The lowest BCUT2D eigenvalue weighted by Crippen LogP contribution is -2.28. The Morgan fingerprint density at radius 1 is 0.571 bits per heavy atom. The zero-order valence-corrected chi connectivity index (χ0v) is 22.9. The zero-order chi connectivity index (χ0) is 24.4. The third kappa shape index (κ3) is 4.28. The first-order chi connectivity index (χ1) is 17.1. The average Bonchev–Trinajstić information content (AvgIpc) is 3.16. The van der Waals surface area contributed by atoms with Gasteiger partial charge < -0.3 is 0 Å². The Kier molecular flexibility index (Phi) is 6.95. The molecule has 0 aromatic heterocycles. The number of aryl methyl sites for hydroxylation is 2. The molecule has 0 heterocycles. The van der Waals surface area contributed by atoms with Crippen LogP contribution in [0, 0.1) is 0 Å². The van der Waals surface area contributed by atoms with Crippen molar-refractivity contribution in [2.75, 3.05) is 0 Å². The molecule has 0 saturated carbocycles. The summed E-state index contributed by atoms with van der Waals surface area (Å²) in [6.45, 7) is 7.77. The molecule has 0 unspecified atom stereocenters. The topological polar surface area (TPSA) is 0 Å². The van der Waals surface area contributed by atoms with Gasteiger partial charge in [0.15, 0.2) is 0 Å². The van der Waals surface area contributed by atoms with E-state index in [9.17, 15) is 0 Å². The summed E-state index contributed by atoms with van der Waals surface area (Å²) in [5.74, 6) is 0. The number of halogens is 2. The molecule has 0 spiro atoms. The van der Waals surface area contributed by atoms with Crippen LogP contribution in [0.2, 0.25) is 0 Å². The number of hydrogen-bond donors (Lipinski definition) is 0. The van der Waals surface area contributed by atoms with E-state index in [1.54, 1.807) is 0 Å². The maximum Gasteiger partial charge on any atom is 0.0714 e. The molecule has 0 bridgehead atoms. The van der Waals surface area contributed by atoms with Crippen LogP contribution in [0.15, 0.2) is 119 Å². The number of hydrogen-bond acceptors (Lipinski definition) is 0. The van der Waals surface area contributed by atoms with Crippen LogP contribution in [0.1, 0.15) is 46.2 Å². The van der Waals surface area contributed by atoms with E-state index in [0.29, 0.717) is 0 Å². The molecule has 0 aliphatic heterocycles. The van der Waals surface area contributed by atoms with Crippen LogP contribution in [0.25, 0.3) is 11.1 Å². The molecule has 4 aromatic carbocycles. The molecule has 174 valence electrons. The molecule has 0 saturated heterocycles. The second-order valence-electron chi connectivity index (χ2n) is 9.18. The average molecular weight is 584 g/mol. The summed E-state index contributed by atoms with van der Waals surface area (Å²) in [5, 5.41) is 0. The first kappa shape index (κ1) is 24.0. The summed E-state index contributed by atoms with van der Waals surface area (Å²) >= 11 is 7.55. The number of allylic oxidation sites excluding steroid dienone is 2. The quantitative estimate of drug-likeness (QED) is 0.159. The van der Waals surface area contributed by atoms with Crippen LogP contribution in [0.4, 0.5) is 0 Å². The van der Waals surface area contributed by atoms with Crippen molar-refractivity contribution in [2.45, 2.75) is 31.1 Å². The summed E-state index contributed by atoms with van der Waals surface area (Å²) in [6.07, 6.45) is 7.98. The van der Waals surface area contributed by atoms with E-state index in [-0.39, 0.29) is 0 Å². The third-order valence-corrected chi connectivity index (χ3v) is 8.10. The van der Waals surface area contributed by atoms with Crippen molar-refractivity contribution in [2.24, 2.45) is 0 Å². The molecule has 1 aliphatic rings. The lowest BCUT2D eigenvalue weighted by Gasteiger charge is -2.34. The monoisotopic (exact) mass is 582 g/mol. The summed E-state index contributed by atoms with van der Waals surface area (Å²) in [5.41, 5.74) is 10.1. The minimum absolute atomic E-state index is 0.397. The van der Waals surface area contributed by atoms with Crippen LogP contribution in [0.3, 0.4) is 0 Å². The molecular weight excluding hydrogens is 556 g/mol. The summed E-state index contributed by atoms with van der Waals surface area (Å²) < 4.78 is 2.19. The van der Waals surface area contributed by atoms with Gasteiger partial charge in [0.2, 0.25) is 0 Å². The van der Waals surface area contributed by atoms with Crippen LogP contribution in [-0.4, -0.2) is 0 Å². The highest BCUT2D eigenvalue weighted by Crippen LogP contribution is 2.57. The maximum absolute atomic E-state index is 3.88. The molecular formula is C33H28Br2. The van der Waals surface area contributed by atoms with Gasteiger partial charge in [-0.25, -0.2) is 0 Å². The van der Waals surface area contributed by atoms with Gasteiger partial charge >= 0.3 is 0 Å². The molecule has 35 heavy (non-hydrogen) atoms. The fourth-order valence-electron chi connectivity index (χ4n) is 5.44. The molecule has 0 radical (unpaired) electrons. The third-order valence-electron chi connectivity index (χ3n) is 7.11. The van der Waals surface area contributed by atoms with Gasteiger partial charge in [0.05, 0.1) is 5.41 Å². The Hall–Kier alpha value is -2.68. The number of fused-ring (bicyclic) bond motifs is 3. The molecule has 0 amide bonds. The van der Waals surface area contributed by atoms with Crippen molar-refractivity contribution in [3.05, 3.63) is 153 Å². The lowest BCUT2D eigenvalue weighted by molar-refractivity contribution is 0.765. The van der Waals surface area contributed by atoms with Crippen LogP contribution in [-0.2, 0) is 18.3 Å². The minimum Gasteiger partial charge on any atom is -0.103 e. The van der Waals surface area contributed by atoms with E-state index in [1.165, 1.54) is 44.5 Å². The Labute approximate surface area is 225 Å². The van der Waals surface area contributed by atoms with Gasteiger partial charge in [-0.1, -0.05) is 105 Å². The van der Waals surface area contributed by atoms with Crippen molar-refractivity contribution in [1.29, 1.82) is 0 Å². The fraction of sp³-hybridized carbons (Fsp3) is 0.152. The second-order valence-corrected chi connectivity index (χ2v) is 11.0. The smallest absolute Gasteiger partial charge is 0.0714 e. The standard InChI is InChI=1S/C33H28Br2/c1-3-5-7-23-9-13-25(14-10-23)33(26-15-11-24(12-16-26)8-6-4-2)31-21-27(34)17-19-29(31)30-20-18-28(35)22-32(30)33/h3-4,9-22H,1-2,5-8H2. The van der Waals surface area contributed by atoms with Gasteiger partial charge in [0, 0.05) is 8.95 Å². The molecule has 4 aromatic rings. The van der Waals surface area contributed by atoms with Gasteiger partial charge in [-0.15, -0.1) is 13.2 Å². The predicted molar refractivity (Wildman–Crippen MR) is 156 cm³/mol. The highest BCUT2D eigenvalue weighted by atomic mass is 79.9. The van der Waals surface area contributed by atoms with E-state index in [4.69, 9.17) is 0 Å². The van der Waals surface area contributed by atoms with Crippen molar-refractivity contribution in [3.63, 3.8) is 0 Å². The predicted octanol–water partition coefficient (Wildman–Crippen LogP) is 9.81. The van der Waals surface area contributed by atoms with Crippen LogP contribution in [0.5, 0.6) is 0 Å². The van der Waals surface area contributed by atoms with Crippen LogP contribution >= 0.6 is 31.9 Å². The summed E-state index contributed by atoms with van der Waals surface area (Å²) in [7, 11) is 0. The first-order valence-corrected chi connectivity index (χ1v) is 13.7. The van der Waals surface area contributed by atoms with E-state index < -0.39 is 5.41 Å². The molecule has 5 rings (SSSR count). The minimum atomic E-state index is -0.397. The summed E-state index contributed by atoms with van der Waals surface area (Å²) in [6, 6.07) is 31.9. The largest absolute Gasteiger partial charge is 0.103 e. The Bertz CT molecular complexity index is 1270. The van der Waals surface area contributed by atoms with E-state index in [0.717, 1.165) is 34.6 Å². The number of benzene rings is 4. The Balaban J connectivity index is 1.78. The molecule has 0 atom stereocenters. The molecule has 0 fully saturated rings. The van der Waals surface area contributed by atoms with Gasteiger partial charge in [0.25, 0.3) is 0 Å². The van der Waals surface area contributed by atoms with E-state index in [1.807, 2.05) is 12.2 Å². The van der Waals surface area contributed by atoms with Gasteiger partial charge in [0.1, 0.15) is 0 Å². The van der Waals surface area contributed by atoms with Crippen molar-refractivity contribution < 1.29 is 0 Å². The Morgan fingerprint density at radius 3 is 1.34 bits per heavy atom. The maximum atomic E-state index is 3.88. The molecule has 0 N–H and O–H groups in total. The van der Waals surface area contributed by atoms with E-state index >= 15 is 0 Å². The van der Waals surface area contributed by atoms with Gasteiger partial charge in [-0.3, -0.25) is 0 Å². The fourth-order valence-corrected chi connectivity index (χ4v) is 6.16. The first-order valence-electron chi connectivity index (χ1n) is 12.1.